The molecule has 3 aromatic rings. The molecule has 2 aromatic carbocycles. The van der Waals surface area contributed by atoms with Gasteiger partial charge in [0.05, 0.1) is 28.2 Å². The molecule has 0 aliphatic carbocycles. The second-order valence-corrected chi connectivity index (χ2v) is 9.67. The molecule has 0 unspecified atom stereocenters. The van der Waals surface area contributed by atoms with Crippen molar-refractivity contribution in [1.29, 1.82) is 0 Å². The number of rotatable bonds is 6. The van der Waals surface area contributed by atoms with E-state index in [9.17, 15) is 18.3 Å². The number of sulfone groups is 1. The van der Waals surface area contributed by atoms with Gasteiger partial charge >= 0.3 is 0 Å². The molecule has 0 bridgehead atoms. The molecule has 32 heavy (non-hydrogen) atoms. The molecular weight excluding hydrogens is 430 g/mol. The number of nitrogens with zero attached hydrogens (tertiary/aromatic N) is 2. The predicted molar refractivity (Wildman–Crippen MR) is 121 cm³/mol. The number of piperidine rings is 1. The van der Waals surface area contributed by atoms with Crippen molar-refractivity contribution in [2.24, 2.45) is 0 Å². The molecule has 10 heteroatoms. The van der Waals surface area contributed by atoms with Crippen LogP contribution in [0.25, 0.3) is 0 Å². The second-order valence-electron chi connectivity index (χ2n) is 7.44. The average Bonchev–Trinajstić information content (AvgIpc) is 2.81. The normalized spacial score (nSPS) is 14.6. The van der Waals surface area contributed by atoms with Crippen LogP contribution >= 0.6 is 0 Å². The summed E-state index contributed by atoms with van der Waals surface area (Å²) in [5.74, 6) is -0.0897. The number of phenolic OH excluding ortho intramolecular Hbond substituents is 1. The summed E-state index contributed by atoms with van der Waals surface area (Å²) in [5, 5.41) is 18.0. The molecule has 1 saturated heterocycles. The molecule has 1 aromatic heterocycles. The van der Waals surface area contributed by atoms with Crippen LogP contribution in [0.1, 0.15) is 23.2 Å². The van der Waals surface area contributed by atoms with Crippen LogP contribution < -0.4 is 16.0 Å². The molecule has 1 fully saturated rings. The third kappa shape index (κ3) is 5.04. The van der Waals surface area contributed by atoms with E-state index in [4.69, 9.17) is 0 Å². The minimum Gasteiger partial charge on any atom is -0.508 e. The van der Waals surface area contributed by atoms with Gasteiger partial charge in [0, 0.05) is 11.3 Å². The molecule has 1 aliphatic rings. The molecular formula is C22H23N5O4S. The van der Waals surface area contributed by atoms with Gasteiger partial charge in [-0.15, -0.1) is 0 Å². The van der Waals surface area contributed by atoms with Gasteiger partial charge in [-0.1, -0.05) is 6.07 Å². The largest absolute Gasteiger partial charge is 0.508 e. The average molecular weight is 454 g/mol. The van der Waals surface area contributed by atoms with E-state index in [2.05, 4.69) is 25.9 Å². The molecule has 0 saturated carbocycles. The van der Waals surface area contributed by atoms with Gasteiger partial charge in [-0.3, -0.25) is 4.79 Å². The highest BCUT2D eigenvalue weighted by molar-refractivity contribution is 7.92. The van der Waals surface area contributed by atoms with E-state index in [-0.39, 0.29) is 11.0 Å². The number of nitrogens with one attached hydrogen (secondary N) is 3. The number of carbonyl (C=O) groups is 1. The van der Waals surface area contributed by atoms with Crippen LogP contribution in [0.5, 0.6) is 5.75 Å². The monoisotopic (exact) mass is 453 g/mol. The maximum atomic E-state index is 12.8. The number of carbonyl (C=O) groups excluding carboxylic acids is 1. The van der Waals surface area contributed by atoms with Gasteiger partial charge in [-0.25, -0.2) is 18.4 Å². The first-order chi connectivity index (χ1) is 15.4. The number of anilines is 3. The van der Waals surface area contributed by atoms with Gasteiger partial charge < -0.3 is 21.1 Å². The van der Waals surface area contributed by atoms with Gasteiger partial charge in [0.2, 0.25) is 5.95 Å². The van der Waals surface area contributed by atoms with Gasteiger partial charge in [0.25, 0.3) is 5.91 Å². The van der Waals surface area contributed by atoms with Crippen molar-refractivity contribution >= 4 is 33.1 Å². The molecule has 9 nitrogen and oxygen atoms in total. The number of aromatic hydroxyl groups is 1. The Hall–Kier alpha value is -3.50. The molecule has 0 atom stereocenters. The number of hydrogen-bond acceptors (Lipinski definition) is 8. The van der Waals surface area contributed by atoms with Crippen molar-refractivity contribution < 1.29 is 18.3 Å². The van der Waals surface area contributed by atoms with E-state index in [0.29, 0.717) is 53.7 Å². The fourth-order valence-electron chi connectivity index (χ4n) is 3.46. The van der Waals surface area contributed by atoms with Crippen molar-refractivity contribution in [2.75, 3.05) is 23.7 Å². The first-order valence-electron chi connectivity index (χ1n) is 10.2. The summed E-state index contributed by atoms with van der Waals surface area (Å²) >= 11 is 0. The van der Waals surface area contributed by atoms with Gasteiger partial charge in [-0.05, 0) is 68.4 Å². The van der Waals surface area contributed by atoms with E-state index in [1.54, 1.807) is 36.4 Å². The van der Waals surface area contributed by atoms with Gasteiger partial charge in [0.1, 0.15) is 5.75 Å². The van der Waals surface area contributed by atoms with Crippen molar-refractivity contribution in [3.05, 3.63) is 66.5 Å². The highest BCUT2D eigenvalue weighted by Gasteiger charge is 2.28. The van der Waals surface area contributed by atoms with E-state index in [0.717, 1.165) is 0 Å². The summed E-state index contributed by atoms with van der Waals surface area (Å²) in [5.41, 5.74) is 1.35. The smallest absolute Gasteiger partial charge is 0.255 e. The topological polar surface area (TPSA) is 133 Å². The Labute approximate surface area is 185 Å². The third-order valence-electron chi connectivity index (χ3n) is 5.18. The van der Waals surface area contributed by atoms with Crippen molar-refractivity contribution in [1.82, 2.24) is 15.3 Å². The van der Waals surface area contributed by atoms with Gasteiger partial charge in [0.15, 0.2) is 9.84 Å². The summed E-state index contributed by atoms with van der Waals surface area (Å²) in [7, 11) is -3.35. The van der Waals surface area contributed by atoms with Crippen LogP contribution in [-0.2, 0) is 9.84 Å². The molecule has 0 spiro atoms. The van der Waals surface area contributed by atoms with Crippen LogP contribution in [0.15, 0.2) is 65.8 Å². The Morgan fingerprint density at radius 2 is 1.69 bits per heavy atom. The first-order valence-corrected chi connectivity index (χ1v) is 11.7. The zero-order valence-electron chi connectivity index (χ0n) is 17.2. The van der Waals surface area contributed by atoms with Crippen LogP contribution in [0.2, 0.25) is 0 Å². The van der Waals surface area contributed by atoms with Crippen LogP contribution in [0, 0.1) is 0 Å². The van der Waals surface area contributed by atoms with Crippen molar-refractivity contribution in [3.8, 4) is 5.75 Å². The maximum Gasteiger partial charge on any atom is 0.255 e. The van der Waals surface area contributed by atoms with Crippen molar-refractivity contribution in [2.45, 2.75) is 23.0 Å². The molecule has 0 radical (unpaired) electrons. The van der Waals surface area contributed by atoms with E-state index >= 15 is 0 Å². The van der Waals surface area contributed by atoms with E-state index < -0.39 is 15.7 Å². The summed E-state index contributed by atoms with van der Waals surface area (Å²) in [6, 6.07) is 12.5. The Morgan fingerprint density at radius 3 is 2.34 bits per heavy atom. The summed E-state index contributed by atoms with van der Waals surface area (Å²) in [6.07, 6.45) is 4.13. The Balaban J connectivity index is 1.38. The minimum absolute atomic E-state index is 0.00279. The highest BCUT2D eigenvalue weighted by Crippen LogP contribution is 2.24. The van der Waals surface area contributed by atoms with Crippen LogP contribution in [0.3, 0.4) is 0 Å². The number of phenols is 1. The lowest BCUT2D eigenvalue weighted by Crippen LogP contribution is -2.35. The number of aromatic nitrogens is 2. The lowest BCUT2D eigenvalue weighted by molar-refractivity contribution is 0.102. The highest BCUT2D eigenvalue weighted by atomic mass is 32.2. The zero-order valence-corrected chi connectivity index (χ0v) is 18.0. The molecule has 1 aliphatic heterocycles. The summed E-state index contributed by atoms with van der Waals surface area (Å²) in [4.78, 5) is 20.9. The SMILES string of the molecule is O=C(Nc1cnc(Nc2ccc(S(=O)(=O)C3CCNCC3)cc2)nc1)c1cccc(O)c1. The zero-order chi connectivity index (χ0) is 22.6. The first kappa shape index (κ1) is 21.7. The number of hydrogen-bond donors (Lipinski definition) is 4. The molecule has 4 N–H and O–H groups in total. The standard InChI is InChI=1S/C22H23N5O4S/c28-18-3-1-2-15(12-18)21(29)26-17-13-24-22(25-14-17)27-16-4-6-19(7-5-16)32(30,31)20-8-10-23-11-9-20/h1-7,12-14,20,23,28H,8-11H2,(H,26,29)(H,24,25,27). The third-order valence-corrected chi connectivity index (χ3v) is 7.46. The quantitative estimate of drug-likeness (QED) is 0.448. The number of benzene rings is 2. The minimum atomic E-state index is -3.35. The summed E-state index contributed by atoms with van der Waals surface area (Å²) < 4.78 is 25.6. The Kier molecular flexibility index (Phi) is 6.33. The Bertz CT molecular complexity index is 1190. The lowest BCUT2D eigenvalue weighted by Gasteiger charge is -2.22. The molecule has 1 amide bonds. The Morgan fingerprint density at radius 1 is 1.00 bits per heavy atom. The van der Waals surface area contributed by atoms with E-state index in [1.165, 1.54) is 24.5 Å². The fourth-order valence-corrected chi connectivity index (χ4v) is 5.22. The van der Waals surface area contributed by atoms with Crippen LogP contribution in [-0.4, -0.2) is 47.7 Å². The molecule has 4 rings (SSSR count). The second kappa shape index (κ2) is 9.33. The molecule has 2 heterocycles. The number of amides is 1. The maximum absolute atomic E-state index is 12.8. The molecule has 166 valence electrons. The lowest BCUT2D eigenvalue weighted by atomic mass is 10.2. The van der Waals surface area contributed by atoms with Crippen LogP contribution in [0.4, 0.5) is 17.3 Å². The summed E-state index contributed by atoms with van der Waals surface area (Å²) in [6.45, 7) is 1.43. The fraction of sp³-hybridized carbons (Fsp3) is 0.227. The van der Waals surface area contributed by atoms with Gasteiger partial charge in [-0.2, -0.15) is 0 Å². The van der Waals surface area contributed by atoms with E-state index in [1.807, 2.05) is 0 Å². The predicted octanol–water partition coefficient (Wildman–Crippen LogP) is 2.70. The van der Waals surface area contributed by atoms with Crippen molar-refractivity contribution in [3.63, 3.8) is 0 Å².